The number of benzene rings is 1. The predicted molar refractivity (Wildman–Crippen MR) is 58.9 cm³/mol. The Kier molecular flexibility index (Phi) is 4.98. The van der Waals surface area contributed by atoms with Crippen molar-refractivity contribution < 1.29 is 0 Å². The van der Waals surface area contributed by atoms with Gasteiger partial charge in [0.05, 0.1) is 12.1 Å². The van der Waals surface area contributed by atoms with Gasteiger partial charge in [-0.3, -0.25) is 0 Å². The van der Waals surface area contributed by atoms with Gasteiger partial charge >= 0.3 is 0 Å². The zero-order valence-corrected chi connectivity index (χ0v) is 8.69. The summed E-state index contributed by atoms with van der Waals surface area (Å²) in [5, 5.41) is 17.1. The smallest absolute Gasteiger partial charge is 0.0621 e. The van der Waals surface area contributed by atoms with E-state index in [0.717, 1.165) is 12.8 Å². The van der Waals surface area contributed by atoms with E-state index in [1.54, 1.807) is 0 Å². The monoisotopic (exact) mass is 198 g/mol. The molecule has 0 aliphatic heterocycles. The SMILES string of the molecule is N#CCCC(CCC#N)c1ccccc1. The second-order valence-corrected chi connectivity index (χ2v) is 3.50. The maximum absolute atomic E-state index is 8.57. The molecule has 0 unspecified atom stereocenters. The highest BCUT2D eigenvalue weighted by Gasteiger charge is 2.10. The van der Waals surface area contributed by atoms with E-state index in [2.05, 4.69) is 24.3 Å². The van der Waals surface area contributed by atoms with E-state index in [4.69, 9.17) is 10.5 Å². The fourth-order valence-electron chi connectivity index (χ4n) is 1.68. The van der Waals surface area contributed by atoms with E-state index in [9.17, 15) is 0 Å². The molecule has 76 valence electrons. The Labute approximate surface area is 90.8 Å². The van der Waals surface area contributed by atoms with Gasteiger partial charge in [0.15, 0.2) is 0 Å². The highest BCUT2D eigenvalue weighted by Crippen LogP contribution is 2.25. The van der Waals surface area contributed by atoms with Crippen LogP contribution in [0.3, 0.4) is 0 Å². The average molecular weight is 198 g/mol. The molecular weight excluding hydrogens is 184 g/mol. The highest BCUT2D eigenvalue weighted by molar-refractivity contribution is 5.19. The van der Waals surface area contributed by atoms with E-state index >= 15 is 0 Å². The van der Waals surface area contributed by atoms with Crippen molar-refractivity contribution in [3.05, 3.63) is 35.9 Å². The number of hydrogen-bond acceptors (Lipinski definition) is 2. The number of hydrogen-bond donors (Lipinski definition) is 0. The van der Waals surface area contributed by atoms with Gasteiger partial charge in [0.2, 0.25) is 0 Å². The summed E-state index contributed by atoms with van der Waals surface area (Å²) in [6.07, 6.45) is 2.82. The molecule has 0 saturated carbocycles. The highest BCUT2D eigenvalue weighted by atomic mass is 14.3. The molecule has 0 heterocycles. The minimum atomic E-state index is 0.352. The van der Waals surface area contributed by atoms with Crippen molar-refractivity contribution in [1.29, 1.82) is 10.5 Å². The van der Waals surface area contributed by atoms with Crippen molar-refractivity contribution in [1.82, 2.24) is 0 Å². The predicted octanol–water partition coefficient (Wildman–Crippen LogP) is 3.38. The van der Waals surface area contributed by atoms with Crippen molar-refractivity contribution in [3.63, 3.8) is 0 Å². The van der Waals surface area contributed by atoms with Crippen LogP contribution in [0.15, 0.2) is 30.3 Å². The normalized spacial score (nSPS) is 9.53. The minimum Gasteiger partial charge on any atom is -0.198 e. The Morgan fingerprint density at radius 1 is 0.933 bits per heavy atom. The summed E-state index contributed by atoms with van der Waals surface area (Å²) in [4.78, 5) is 0. The number of rotatable bonds is 5. The standard InChI is InChI=1S/C13H14N2/c14-10-4-8-13(9-5-11-15)12-6-2-1-3-7-12/h1-3,6-7,13H,4-5,8-9H2. The lowest BCUT2D eigenvalue weighted by atomic mass is 9.90. The molecule has 0 fully saturated rings. The van der Waals surface area contributed by atoms with Crippen LogP contribution in [0.1, 0.15) is 37.2 Å². The van der Waals surface area contributed by atoms with E-state index in [0.29, 0.717) is 18.8 Å². The first-order chi connectivity index (χ1) is 7.38. The fourth-order valence-corrected chi connectivity index (χ4v) is 1.68. The van der Waals surface area contributed by atoms with Crippen LogP contribution in [0, 0.1) is 22.7 Å². The Morgan fingerprint density at radius 2 is 1.47 bits per heavy atom. The van der Waals surface area contributed by atoms with E-state index in [1.165, 1.54) is 5.56 Å². The summed E-state index contributed by atoms with van der Waals surface area (Å²) in [6.45, 7) is 0. The molecule has 2 heteroatoms. The largest absolute Gasteiger partial charge is 0.198 e. The van der Waals surface area contributed by atoms with Crippen molar-refractivity contribution in [2.45, 2.75) is 31.6 Å². The Morgan fingerprint density at radius 3 is 1.93 bits per heavy atom. The topological polar surface area (TPSA) is 47.6 Å². The lowest BCUT2D eigenvalue weighted by Gasteiger charge is -2.13. The van der Waals surface area contributed by atoms with Crippen molar-refractivity contribution >= 4 is 0 Å². The summed E-state index contributed by atoms with van der Waals surface area (Å²) in [5.41, 5.74) is 1.24. The average Bonchev–Trinajstić information content (AvgIpc) is 2.30. The zero-order chi connectivity index (χ0) is 10.9. The first-order valence-corrected chi connectivity index (χ1v) is 5.17. The van der Waals surface area contributed by atoms with E-state index in [1.807, 2.05) is 18.2 Å². The molecular formula is C13H14N2. The van der Waals surface area contributed by atoms with Crippen LogP contribution in [0.5, 0.6) is 0 Å². The van der Waals surface area contributed by atoms with Gasteiger partial charge in [-0.2, -0.15) is 10.5 Å². The van der Waals surface area contributed by atoms with Crippen LogP contribution < -0.4 is 0 Å². The molecule has 0 atom stereocenters. The van der Waals surface area contributed by atoms with Gasteiger partial charge in [-0.05, 0) is 24.3 Å². The summed E-state index contributed by atoms with van der Waals surface area (Å²) in [7, 11) is 0. The Hall–Kier alpha value is -1.80. The zero-order valence-electron chi connectivity index (χ0n) is 8.69. The third-order valence-corrected chi connectivity index (χ3v) is 2.48. The van der Waals surface area contributed by atoms with Crippen molar-refractivity contribution in [2.75, 3.05) is 0 Å². The third-order valence-electron chi connectivity index (χ3n) is 2.48. The fraction of sp³-hybridized carbons (Fsp3) is 0.385. The molecule has 0 aliphatic rings. The second-order valence-electron chi connectivity index (χ2n) is 3.50. The van der Waals surface area contributed by atoms with Gasteiger partial charge < -0.3 is 0 Å². The Bertz CT molecular complexity index is 338. The van der Waals surface area contributed by atoms with E-state index < -0.39 is 0 Å². The van der Waals surface area contributed by atoms with Crippen LogP contribution in [-0.4, -0.2) is 0 Å². The van der Waals surface area contributed by atoms with Crippen LogP contribution in [0.4, 0.5) is 0 Å². The van der Waals surface area contributed by atoms with Gasteiger partial charge in [0.1, 0.15) is 0 Å². The van der Waals surface area contributed by atoms with Gasteiger partial charge in [0, 0.05) is 12.8 Å². The molecule has 1 rings (SSSR count). The Balaban J connectivity index is 2.64. The molecule has 0 aliphatic carbocycles. The third kappa shape index (κ3) is 3.83. The van der Waals surface area contributed by atoms with Gasteiger partial charge in [-0.15, -0.1) is 0 Å². The summed E-state index contributed by atoms with van der Waals surface area (Å²) >= 11 is 0. The van der Waals surface area contributed by atoms with Crippen molar-refractivity contribution in [2.24, 2.45) is 0 Å². The molecule has 1 aromatic carbocycles. The minimum absolute atomic E-state index is 0.352. The summed E-state index contributed by atoms with van der Waals surface area (Å²) < 4.78 is 0. The molecule has 0 N–H and O–H groups in total. The first kappa shape index (κ1) is 11.3. The maximum atomic E-state index is 8.57. The van der Waals surface area contributed by atoms with Gasteiger partial charge in [0.25, 0.3) is 0 Å². The molecule has 0 amide bonds. The molecule has 0 aromatic heterocycles. The van der Waals surface area contributed by atoms with Crippen LogP contribution >= 0.6 is 0 Å². The number of nitrogens with zero attached hydrogens (tertiary/aromatic N) is 2. The number of nitriles is 2. The van der Waals surface area contributed by atoms with Gasteiger partial charge in [-0.1, -0.05) is 30.3 Å². The van der Waals surface area contributed by atoms with Crippen LogP contribution in [0.25, 0.3) is 0 Å². The molecule has 0 spiro atoms. The first-order valence-electron chi connectivity index (χ1n) is 5.17. The molecule has 0 bridgehead atoms. The van der Waals surface area contributed by atoms with Crippen molar-refractivity contribution in [3.8, 4) is 12.1 Å². The van der Waals surface area contributed by atoms with Gasteiger partial charge in [-0.25, -0.2) is 0 Å². The van der Waals surface area contributed by atoms with E-state index in [-0.39, 0.29) is 0 Å². The lowest BCUT2D eigenvalue weighted by Crippen LogP contribution is -1.98. The molecule has 15 heavy (non-hydrogen) atoms. The van der Waals surface area contributed by atoms with Crippen LogP contribution in [0.2, 0.25) is 0 Å². The molecule has 0 radical (unpaired) electrons. The summed E-state index contributed by atoms with van der Waals surface area (Å²) in [6, 6.07) is 14.4. The lowest BCUT2D eigenvalue weighted by molar-refractivity contribution is 0.594. The quantitative estimate of drug-likeness (QED) is 0.728. The molecule has 0 saturated heterocycles. The second kappa shape index (κ2) is 6.62. The summed E-state index contributed by atoms with van der Waals surface area (Å²) in [5.74, 6) is 0.352. The molecule has 2 nitrogen and oxygen atoms in total. The molecule has 1 aromatic rings. The maximum Gasteiger partial charge on any atom is 0.0621 e. The van der Waals surface area contributed by atoms with Crippen LogP contribution in [-0.2, 0) is 0 Å².